The highest BCUT2D eigenvalue weighted by Crippen LogP contribution is 2.25. The molecule has 0 radical (unpaired) electrons. The molecule has 0 bridgehead atoms. The summed E-state index contributed by atoms with van der Waals surface area (Å²) in [7, 11) is 0. The molecule has 0 aliphatic carbocycles. The Balaban J connectivity index is 2.58. The minimum absolute atomic E-state index is 0.303. The van der Waals surface area contributed by atoms with Crippen LogP contribution >= 0.6 is 0 Å². The third kappa shape index (κ3) is 2.14. The maximum absolute atomic E-state index is 12.9. The van der Waals surface area contributed by atoms with Gasteiger partial charge in [-0.05, 0) is 42.8 Å². The highest BCUT2D eigenvalue weighted by Gasteiger charge is 2.10. The molecule has 0 saturated heterocycles. The first kappa shape index (κ1) is 12.0. The van der Waals surface area contributed by atoms with Gasteiger partial charge in [-0.2, -0.15) is 5.26 Å². The Morgan fingerprint density at radius 3 is 2.56 bits per heavy atom. The van der Waals surface area contributed by atoms with Gasteiger partial charge in [0.1, 0.15) is 11.9 Å². The first-order valence-corrected chi connectivity index (χ1v) is 5.30. The van der Waals surface area contributed by atoms with Crippen LogP contribution in [0.5, 0.6) is 0 Å². The van der Waals surface area contributed by atoms with Crippen molar-refractivity contribution in [2.24, 2.45) is 5.84 Å². The summed E-state index contributed by atoms with van der Waals surface area (Å²) in [5.41, 5.74) is 5.04. The third-order valence-corrected chi connectivity index (χ3v) is 2.59. The van der Waals surface area contributed by atoms with E-state index in [9.17, 15) is 4.39 Å². The molecule has 1 heterocycles. The number of nitrogens with zero attached hydrogens (tertiary/aromatic N) is 2. The van der Waals surface area contributed by atoms with Crippen LogP contribution in [0, 0.1) is 24.1 Å². The lowest BCUT2D eigenvalue weighted by Gasteiger charge is -2.09. The van der Waals surface area contributed by atoms with E-state index in [-0.39, 0.29) is 5.82 Å². The van der Waals surface area contributed by atoms with E-state index in [1.54, 1.807) is 18.2 Å². The minimum atomic E-state index is -0.303. The maximum atomic E-state index is 12.9. The maximum Gasteiger partial charge on any atom is 0.158 e. The number of hydrogen-bond donors (Lipinski definition) is 2. The Kier molecular flexibility index (Phi) is 3.22. The molecule has 2 rings (SSSR count). The Morgan fingerprint density at radius 2 is 2.00 bits per heavy atom. The van der Waals surface area contributed by atoms with Gasteiger partial charge in [-0.3, -0.25) is 0 Å². The summed E-state index contributed by atoms with van der Waals surface area (Å²) in [4.78, 5) is 4.28. The number of hydrazine groups is 1. The van der Waals surface area contributed by atoms with Crippen LogP contribution in [0.4, 0.5) is 10.2 Å². The van der Waals surface area contributed by atoms with E-state index in [4.69, 9.17) is 11.1 Å². The number of nitrogen functional groups attached to an aromatic ring is 1. The largest absolute Gasteiger partial charge is 0.307 e. The molecule has 0 saturated carbocycles. The predicted molar refractivity (Wildman–Crippen MR) is 66.9 cm³/mol. The fourth-order valence-electron chi connectivity index (χ4n) is 1.71. The van der Waals surface area contributed by atoms with Gasteiger partial charge in [0.25, 0.3) is 0 Å². The van der Waals surface area contributed by atoms with Gasteiger partial charge in [0.15, 0.2) is 5.82 Å². The molecular weight excluding hydrogens is 231 g/mol. The molecule has 1 aromatic carbocycles. The van der Waals surface area contributed by atoms with Crippen LogP contribution in [-0.2, 0) is 0 Å². The van der Waals surface area contributed by atoms with E-state index in [0.29, 0.717) is 17.1 Å². The zero-order chi connectivity index (χ0) is 13.1. The lowest BCUT2D eigenvalue weighted by Crippen LogP contribution is -2.11. The topological polar surface area (TPSA) is 74.7 Å². The number of hydrogen-bond acceptors (Lipinski definition) is 4. The van der Waals surface area contributed by atoms with Gasteiger partial charge in [-0.25, -0.2) is 15.2 Å². The second-order valence-electron chi connectivity index (χ2n) is 3.81. The van der Waals surface area contributed by atoms with Gasteiger partial charge in [0.2, 0.25) is 0 Å². The average Bonchev–Trinajstić information content (AvgIpc) is 2.39. The number of aryl methyl sites for hydroxylation is 1. The zero-order valence-electron chi connectivity index (χ0n) is 9.74. The van der Waals surface area contributed by atoms with E-state index in [0.717, 1.165) is 11.1 Å². The first-order chi connectivity index (χ1) is 8.65. The lowest BCUT2D eigenvalue weighted by molar-refractivity contribution is 0.628. The molecule has 0 unspecified atom stereocenters. The average molecular weight is 242 g/mol. The Morgan fingerprint density at radius 1 is 1.33 bits per heavy atom. The summed E-state index contributed by atoms with van der Waals surface area (Å²) in [6.45, 7) is 1.84. The molecule has 0 fully saturated rings. The summed E-state index contributed by atoms with van der Waals surface area (Å²) < 4.78 is 12.9. The molecule has 0 spiro atoms. The first-order valence-electron chi connectivity index (χ1n) is 5.30. The van der Waals surface area contributed by atoms with E-state index in [1.807, 2.05) is 13.0 Å². The van der Waals surface area contributed by atoms with Crippen molar-refractivity contribution in [2.75, 3.05) is 5.43 Å². The molecule has 0 aliphatic heterocycles. The third-order valence-electron chi connectivity index (χ3n) is 2.59. The van der Waals surface area contributed by atoms with Crippen molar-refractivity contribution >= 4 is 5.82 Å². The van der Waals surface area contributed by atoms with Crippen molar-refractivity contribution in [3.05, 3.63) is 47.3 Å². The van der Waals surface area contributed by atoms with E-state index in [1.165, 1.54) is 12.1 Å². The van der Waals surface area contributed by atoms with Gasteiger partial charge in [-0.1, -0.05) is 0 Å². The number of nitrogens with two attached hydrogens (primary N) is 1. The highest BCUT2D eigenvalue weighted by atomic mass is 19.1. The highest BCUT2D eigenvalue weighted by molar-refractivity contribution is 5.68. The Hall–Kier alpha value is -2.45. The van der Waals surface area contributed by atoms with E-state index in [2.05, 4.69) is 10.4 Å². The summed E-state index contributed by atoms with van der Waals surface area (Å²) >= 11 is 0. The predicted octanol–water partition coefficient (Wildman–Crippen LogP) is 2.35. The summed E-state index contributed by atoms with van der Waals surface area (Å²) in [5, 5.41) is 8.94. The fourth-order valence-corrected chi connectivity index (χ4v) is 1.71. The van der Waals surface area contributed by atoms with Crippen LogP contribution in [0.3, 0.4) is 0 Å². The molecule has 3 N–H and O–H groups in total. The van der Waals surface area contributed by atoms with Crippen LogP contribution in [-0.4, -0.2) is 4.98 Å². The number of benzene rings is 1. The molecule has 1 aromatic heterocycles. The van der Waals surface area contributed by atoms with Crippen LogP contribution < -0.4 is 11.3 Å². The van der Waals surface area contributed by atoms with Crippen molar-refractivity contribution < 1.29 is 4.39 Å². The number of nitriles is 1. The number of pyridine rings is 1. The zero-order valence-corrected chi connectivity index (χ0v) is 9.74. The van der Waals surface area contributed by atoms with Crippen LogP contribution in [0.1, 0.15) is 11.1 Å². The standard InChI is InChI=1S/C13H11FN4/c1-8-6-10(7-15)13(18-16)17-12(8)9-2-4-11(14)5-3-9/h2-6H,16H2,1H3,(H,17,18). The fraction of sp³-hybridized carbons (Fsp3) is 0.0769. The smallest absolute Gasteiger partial charge is 0.158 e. The van der Waals surface area contributed by atoms with Gasteiger partial charge < -0.3 is 5.43 Å². The number of anilines is 1. The number of aromatic nitrogens is 1. The van der Waals surface area contributed by atoms with Crippen molar-refractivity contribution in [3.8, 4) is 17.3 Å². The van der Waals surface area contributed by atoms with Gasteiger partial charge in [0, 0.05) is 5.56 Å². The molecule has 4 nitrogen and oxygen atoms in total. The van der Waals surface area contributed by atoms with Crippen LogP contribution in [0.15, 0.2) is 30.3 Å². The van der Waals surface area contributed by atoms with Crippen molar-refractivity contribution in [2.45, 2.75) is 6.92 Å². The molecular formula is C13H11FN4. The lowest BCUT2D eigenvalue weighted by atomic mass is 10.0. The van der Waals surface area contributed by atoms with Gasteiger partial charge in [-0.15, -0.1) is 0 Å². The Labute approximate surface area is 104 Å². The second kappa shape index (κ2) is 4.82. The van der Waals surface area contributed by atoms with Crippen molar-refractivity contribution in [1.82, 2.24) is 4.98 Å². The van der Waals surface area contributed by atoms with Crippen LogP contribution in [0.25, 0.3) is 11.3 Å². The number of nitrogens with one attached hydrogen (secondary N) is 1. The minimum Gasteiger partial charge on any atom is -0.307 e. The van der Waals surface area contributed by atoms with E-state index >= 15 is 0 Å². The summed E-state index contributed by atoms with van der Waals surface area (Å²) in [6, 6.07) is 9.71. The number of rotatable bonds is 2. The van der Waals surface area contributed by atoms with Crippen molar-refractivity contribution in [3.63, 3.8) is 0 Å². The summed E-state index contributed by atoms with van der Waals surface area (Å²) in [5.74, 6) is 5.33. The van der Waals surface area contributed by atoms with Crippen molar-refractivity contribution in [1.29, 1.82) is 5.26 Å². The monoisotopic (exact) mass is 242 g/mol. The molecule has 0 atom stereocenters. The molecule has 2 aromatic rings. The molecule has 18 heavy (non-hydrogen) atoms. The second-order valence-corrected chi connectivity index (χ2v) is 3.81. The van der Waals surface area contributed by atoms with Crippen LogP contribution in [0.2, 0.25) is 0 Å². The van der Waals surface area contributed by atoms with Gasteiger partial charge in [0.05, 0.1) is 11.3 Å². The molecule has 0 aliphatic rings. The number of halogens is 1. The summed E-state index contributed by atoms with van der Waals surface area (Å²) in [6.07, 6.45) is 0. The quantitative estimate of drug-likeness (QED) is 0.626. The molecule has 5 heteroatoms. The normalized spacial score (nSPS) is 9.89. The molecule has 90 valence electrons. The van der Waals surface area contributed by atoms with E-state index < -0.39 is 0 Å². The van der Waals surface area contributed by atoms with Gasteiger partial charge >= 0.3 is 0 Å². The SMILES string of the molecule is Cc1cc(C#N)c(NN)nc1-c1ccc(F)cc1. The Bertz CT molecular complexity index is 614. The molecule has 0 amide bonds.